The molecule has 3 aromatic rings. The average molecular weight is 366 g/mol. The Kier molecular flexibility index (Phi) is 4.80. The summed E-state index contributed by atoms with van der Waals surface area (Å²) in [6, 6.07) is 11.7. The number of nitrogens with zero attached hydrogens (tertiary/aromatic N) is 1. The zero-order chi connectivity index (χ0) is 17.5. The van der Waals surface area contributed by atoms with Gasteiger partial charge in [0.25, 0.3) is 0 Å². The molecule has 3 rings (SSSR count). The first-order valence-electron chi connectivity index (χ1n) is 8.14. The first-order valence-corrected chi connectivity index (χ1v) is 8.90. The second-order valence-corrected chi connectivity index (χ2v) is 8.27. The number of halogens is 2. The monoisotopic (exact) mass is 365 g/mol. The summed E-state index contributed by atoms with van der Waals surface area (Å²) in [6.07, 6.45) is -0.436. The predicted octanol–water partition coefficient (Wildman–Crippen LogP) is 3.82. The fourth-order valence-corrected chi connectivity index (χ4v) is 3.36. The molecule has 0 bridgehead atoms. The predicted molar refractivity (Wildman–Crippen MR) is 102 cm³/mol. The molecule has 5 heteroatoms. The van der Waals surface area contributed by atoms with E-state index in [0.717, 1.165) is 21.8 Å². The SMILES string of the molecule is CC(C)(C)[NH2+]C[C@H](O)Cn1c2ccc(Cl)cc2c2cc(Cl)ccc21. The van der Waals surface area contributed by atoms with Crippen LogP contribution in [0.5, 0.6) is 0 Å². The van der Waals surface area contributed by atoms with E-state index in [1.165, 1.54) is 0 Å². The van der Waals surface area contributed by atoms with Crippen LogP contribution in [-0.4, -0.2) is 27.9 Å². The zero-order valence-electron chi connectivity index (χ0n) is 14.2. The molecule has 1 heterocycles. The molecule has 0 spiro atoms. The topological polar surface area (TPSA) is 41.8 Å². The molecule has 3 nitrogen and oxygen atoms in total. The fourth-order valence-electron chi connectivity index (χ4n) is 3.02. The second-order valence-electron chi connectivity index (χ2n) is 7.39. The van der Waals surface area contributed by atoms with Gasteiger partial charge in [-0.2, -0.15) is 0 Å². The molecule has 0 radical (unpaired) electrons. The molecule has 0 amide bonds. The van der Waals surface area contributed by atoms with Gasteiger partial charge in [-0.3, -0.25) is 0 Å². The molecular weight excluding hydrogens is 343 g/mol. The molecule has 2 aromatic carbocycles. The van der Waals surface area contributed by atoms with Crippen LogP contribution in [0.4, 0.5) is 0 Å². The lowest BCUT2D eigenvalue weighted by Crippen LogP contribution is -2.96. The van der Waals surface area contributed by atoms with Crippen LogP contribution in [0.2, 0.25) is 10.0 Å². The summed E-state index contributed by atoms with van der Waals surface area (Å²) in [4.78, 5) is 0. The van der Waals surface area contributed by atoms with Gasteiger partial charge < -0.3 is 15.0 Å². The Morgan fingerprint density at radius 3 is 1.96 bits per heavy atom. The number of aliphatic hydroxyl groups excluding tert-OH is 1. The molecule has 128 valence electrons. The number of quaternary nitrogens is 1. The van der Waals surface area contributed by atoms with Crippen molar-refractivity contribution in [2.24, 2.45) is 0 Å². The number of benzene rings is 2. The fraction of sp³-hybridized carbons (Fsp3) is 0.368. The van der Waals surface area contributed by atoms with Gasteiger partial charge in [-0.05, 0) is 57.2 Å². The van der Waals surface area contributed by atoms with Crippen molar-refractivity contribution in [1.29, 1.82) is 0 Å². The molecule has 0 aliphatic carbocycles. The van der Waals surface area contributed by atoms with Crippen molar-refractivity contribution in [3.63, 3.8) is 0 Å². The third kappa shape index (κ3) is 3.70. The maximum atomic E-state index is 10.5. The first-order chi connectivity index (χ1) is 11.2. The molecule has 1 aromatic heterocycles. The summed E-state index contributed by atoms with van der Waals surface area (Å²) in [5.74, 6) is 0. The van der Waals surface area contributed by atoms with Crippen LogP contribution in [0, 0.1) is 0 Å². The Bertz CT molecular complexity index is 821. The maximum Gasteiger partial charge on any atom is 0.121 e. The quantitative estimate of drug-likeness (QED) is 0.724. The van der Waals surface area contributed by atoms with Gasteiger partial charge in [-0.15, -0.1) is 0 Å². The number of aromatic nitrogens is 1. The molecule has 0 saturated heterocycles. The van der Waals surface area contributed by atoms with Crippen molar-refractivity contribution in [2.75, 3.05) is 6.54 Å². The van der Waals surface area contributed by atoms with E-state index in [9.17, 15) is 5.11 Å². The normalized spacial score (nSPS) is 13.8. The van der Waals surface area contributed by atoms with Crippen molar-refractivity contribution >= 4 is 45.0 Å². The van der Waals surface area contributed by atoms with Crippen molar-refractivity contribution in [2.45, 2.75) is 39.0 Å². The van der Waals surface area contributed by atoms with E-state index in [-0.39, 0.29) is 5.54 Å². The summed E-state index contributed by atoms with van der Waals surface area (Å²) in [5, 5.41) is 16.2. The van der Waals surface area contributed by atoms with Crippen molar-refractivity contribution < 1.29 is 10.4 Å². The molecule has 0 aliphatic rings. The number of hydrogen-bond donors (Lipinski definition) is 2. The van der Waals surface area contributed by atoms with Gasteiger partial charge in [0.05, 0.1) is 12.1 Å². The van der Waals surface area contributed by atoms with Crippen molar-refractivity contribution in [3.8, 4) is 0 Å². The molecular formula is C19H23Cl2N2O+. The van der Waals surface area contributed by atoms with E-state index in [1.807, 2.05) is 36.4 Å². The molecule has 0 aliphatic heterocycles. The van der Waals surface area contributed by atoms with E-state index in [2.05, 4.69) is 30.7 Å². The van der Waals surface area contributed by atoms with Crippen molar-refractivity contribution in [3.05, 3.63) is 46.4 Å². The number of hydrogen-bond acceptors (Lipinski definition) is 1. The van der Waals surface area contributed by atoms with Gasteiger partial charge in [0.15, 0.2) is 0 Å². The highest BCUT2D eigenvalue weighted by Crippen LogP contribution is 2.32. The van der Waals surface area contributed by atoms with E-state index >= 15 is 0 Å². The molecule has 24 heavy (non-hydrogen) atoms. The number of fused-ring (bicyclic) bond motifs is 3. The highest BCUT2D eigenvalue weighted by molar-refractivity contribution is 6.33. The van der Waals surface area contributed by atoms with Gasteiger partial charge in [0.1, 0.15) is 12.6 Å². The third-order valence-electron chi connectivity index (χ3n) is 4.18. The van der Waals surface area contributed by atoms with Gasteiger partial charge in [-0.1, -0.05) is 23.2 Å². The van der Waals surface area contributed by atoms with Crippen LogP contribution in [0.15, 0.2) is 36.4 Å². The Hall–Kier alpha value is -1.26. The van der Waals surface area contributed by atoms with E-state index in [1.54, 1.807) is 0 Å². The van der Waals surface area contributed by atoms with Crippen LogP contribution in [0.1, 0.15) is 20.8 Å². The highest BCUT2D eigenvalue weighted by atomic mass is 35.5. The largest absolute Gasteiger partial charge is 0.385 e. The van der Waals surface area contributed by atoms with Crippen LogP contribution in [-0.2, 0) is 6.54 Å². The minimum atomic E-state index is -0.436. The first kappa shape index (κ1) is 17.6. The van der Waals surface area contributed by atoms with Gasteiger partial charge in [-0.25, -0.2) is 0 Å². The Morgan fingerprint density at radius 1 is 1.00 bits per heavy atom. The summed E-state index contributed by atoms with van der Waals surface area (Å²) >= 11 is 12.4. The summed E-state index contributed by atoms with van der Waals surface area (Å²) in [6.45, 7) is 7.63. The van der Waals surface area contributed by atoms with Gasteiger partial charge in [0.2, 0.25) is 0 Å². The lowest BCUT2D eigenvalue weighted by molar-refractivity contribution is -0.722. The molecule has 1 atom stereocenters. The van der Waals surface area contributed by atoms with Crippen molar-refractivity contribution in [1.82, 2.24) is 4.57 Å². The zero-order valence-corrected chi connectivity index (χ0v) is 15.7. The highest BCUT2D eigenvalue weighted by Gasteiger charge is 2.19. The van der Waals surface area contributed by atoms with E-state index < -0.39 is 6.10 Å². The summed E-state index contributed by atoms with van der Waals surface area (Å²) in [5.41, 5.74) is 2.22. The maximum absolute atomic E-state index is 10.5. The molecule has 0 unspecified atom stereocenters. The number of aliphatic hydroxyl groups is 1. The standard InChI is InChI=1S/C19H22Cl2N2O/c1-19(2,3)22-10-14(24)11-23-17-6-4-12(20)8-15(17)16-9-13(21)5-7-18(16)23/h4-9,14,22,24H,10-11H2,1-3H3/p+1/t14-/m0/s1. The van der Waals surface area contributed by atoms with E-state index in [4.69, 9.17) is 23.2 Å². The smallest absolute Gasteiger partial charge is 0.121 e. The number of rotatable bonds is 4. The lowest BCUT2D eigenvalue weighted by atomic mass is 10.1. The summed E-state index contributed by atoms with van der Waals surface area (Å²) in [7, 11) is 0. The minimum absolute atomic E-state index is 0.100. The summed E-state index contributed by atoms with van der Waals surface area (Å²) < 4.78 is 2.15. The Labute approximate surface area is 152 Å². The Balaban J connectivity index is 2.02. The van der Waals surface area contributed by atoms with E-state index in [0.29, 0.717) is 23.1 Å². The molecule has 0 fully saturated rings. The molecule has 0 saturated carbocycles. The second kappa shape index (κ2) is 6.57. The van der Waals surface area contributed by atoms with Crippen LogP contribution < -0.4 is 5.32 Å². The average Bonchev–Trinajstić information content (AvgIpc) is 2.78. The van der Waals surface area contributed by atoms with Gasteiger partial charge in [0, 0.05) is 31.9 Å². The third-order valence-corrected chi connectivity index (χ3v) is 4.65. The van der Waals surface area contributed by atoms with Crippen LogP contribution in [0.3, 0.4) is 0 Å². The minimum Gasteiger partial charge on any atom is -0.385 e. The Morgan fingerprint density at radius 2 is 1.50 bits per heavy atom. The molecule has 3 N–H and O–H groups in total. The van der Waals surface area contributed by atoms with Crippen LogP contribution in [0.25, 0.3) is 21.8 Å². The van der Waals surface area contributed by atoms with Gasteiger partial charge >= 0.3 is 0 Å². The van der Waals surface area contributed by atoms with Crippen LogP contribution >= 0.6 is 23.2 Å². The lowest BCUT2D eigenvalue weighted by Gasteiger charge is -2.20. The number of nitrogens with two attached hydrogens (primary N) is 1.